The average Bonchev–Trinajstić information content (AvgIpc) is 2.48. The molecule has 3 nitrogen and oxygen atoms in total. The van der Waals surface area contributed by atoms with Gasteiger partial charge in [0.2, 0.25) is 0 Å². The Balaban J connectivity index is 1.90. The van der Waals surface area contributed by atoms with Gasteiger partial charge in [-0.15, -0.1) is 0 Å². The summed E-state index contributed by atoms with van der Waals surface area (Å²) in [5, 5.41) is 9.87. The van der Waals surface area contributed by atoms with Crippen LogP contribution in [0, 0.1) is 23.2 Å². The predicted octanol–water partition coefficient (Wildman–Crippen LogP) is 0.732. The van der Waals surface area contributed by atoms with Gasteiger partial charge in [0, 0.05) is 11.3 Å². The first kappa shape index (κ1) is 8.48. The molecule has 2 fully saturated rings. The second kappa shape index (κ2) is 2.40. The van der Waals surface area contributed by atoms with Crippen LogP contribution >= 0.6 is 0 Å². The molecule has 1 spiro atoms. The average molecular weight is 194 g/mol. The van der Waals surface area contributed by atoms with Crippen LogP contribution in [-0.4, -0.2) is 24.3 Å². The van der Waals surface area contributed by atoms with Crippen molar-refractivity contribution in [3.8, 4) is 0 Å². The minimum absolute atomic E-state index is 0.0159. The lowest BCUT2D eigenvalue weighted by Crippen LogP contribution is -2.63. The van der Waals surface area contributed by atoms with Crippen LogP contribution in [-0.2, 0) is 9.53 Å². The van der Waals surface area contributed by atoms with Crippen LogP contribution < -0.4 is 0 Å². The van der Waals surface area contributed by atoms with E-state index in [-0.39, 0.29) is 29.3 Å². The lowest BCUT2D eigenvalue weighted by atomic mass is 9.42. The molecular weight excluding hydrogens is 180 g/mol. The zero-order chi connectivity index (χ0) is 9.92. The van der Waals surface area contributed by atoms with Crippen LogP contribution in [0.1, 0.15) is 12.8 Å². The summed E-state index contributed by atoms with van der Waals surface area (Å²) >= 11 is 0. The van der Waals surface area contributed by atoms with E-state index in [2.05, 4.69) is 6.08 Å². The number of carbonyl (C=O) groups is 1. The van der Waals surface area contributed by atoms with Crippen LogP contribution in [0.4, 0.5) is 0 Å². The molecule has 0 aromatic rings. The summed E-state index contributed by atoms with van der Waals surface area (Å²) < 4.78 is 4.79. The normalized spacial score (nSPS) is 52.7. The summed E-state index contributed by atoms with van der Waals surface area (Å²) in [6, 6.07) is 0. The van der Waals surface area contributed by atoms with Crippen molar-refractivity contribution in [2.45, 2.75) is 18.9 Å². The summed E-state index contributed by atoms with van der Waals surface area (Å²) in [5.41, 5.74) is -0.0428. The topological polar surface area (TPSA) is 46.5 Å². The highest BCUT2D eigenvalue weighted by Crippen LogP contribution is 2.70. The molecule has 0 radical (unpaired) electrons. The highest BCUT2D eigenvalue weighted by molar-refractivity contribution is 5.77. The third kappa shape index (κ3) is 0.650. The molecule has 5 unspecified atom stereocenters. The van der Waals surface area contributed by atoms with Crippen molar-refractivity contribution in [1.29, 1.82) is 0 Å². The summed E-state index contributed by atoms with van der Waals surface area (Å²) in [5.74, 6) is 0.494. The van der Waals surface area contributed by atoms with Gasteiger partial charge < -0.3 is 9.84 Å². The lowest BCUT2D eigenvalue weighted by Gasteiger charge is -2.61. The van der Waals surface area contributed by atoms with Crippen molar-refractivity contribution in [3.63, 3.8) is 0 Å². The maximum atomic E-state index is 11.5. The molecule has 5 atom stereocenters. The van der Waals surface area contributed by atoms with Crippen LogP contribution in [0.2, 0.25) is 0 Å². The number of rotatable bonds is 1. The highest BCUT2D eigenvalue weighted by Gasteiger charge is 2.71. The molecule has 3 rings (SSSR count). The van der Waals surface area contributed by atoms with Gasteiger partial charge in [0.15, 0.2) is 0 Å². The van der Waals surface area contributed by atoms with E-state index in [1.54, 1.807) is 0 Å². The Morgan fingerprint density at radius 2 is 2.36 bits per heavy atom. The summed E-state index contributed by atoms with van der Waals surface area (Å²) in [6.07, 6.45) is 5.70. The molecule has 0 aromatic carbocycles. The molecule has 0 aromatic heterocycles. The Labute approximate surface area is 82.8 Å². The quantitative estimate of drug-likeness (QED) is 0.494. The minimum atomic E-state index is -0.233. The van der Waals surface area contributed by atoms with Gasteiger partial charge in [0.05, 0.1) is 19.1 Å². The summed E-state index contributed by atoms with van der Waals surface area (Å²) in [7, 11) is 1.44. The molecule has 0 bridgehead atoms. The van der Waals surface area contributed by atoms with Gasteiger partial charge in [-0.2, -0.15) is 0 Å². The van der Waals surface area contributed by atoms with Gasteiger partial charge in [0.1, 0.15) is 0 Å². The Morgan fingerprint density at radius 3 is 2.93 bits per heavy atom. The SMILES string of the molecule is COC(=O)C1C2C=CC23C(O)CCC13. The first-order valence-electron chi connectivity index (χ1n) is 5.17. The lowest BCUT2D eigenvalue weighted by molar-refractivity contribution is -0.176. The number of allylic oxidation sites excluding steroid dienone is 1. The molecule has 3 aliphatic carbocycles. The zero-order valence-corrected chi connectivity index (χ0v) is 8.14. The number of carbonyl (C=O) groups excluding carboxylic acids is 1. The second-order valence-electron chi connectivity index (χ2n) is 4.63. The van der Waals surface area contributed by atoms with Crippen molar-refractivity contribution in [2.75, 3.05) is 7.11 Å². The van der Waals surface area contributed by atoms with Gasteiger partial charge in [0.25, 0.3) is 0 Å². The Kier molecular flexibility index (Phi) is 1.45. The third-order valence-corrected chi connectivity index (χ3v) is 4.43. The van der Waals surface area contributed by atoms with E-state index in [1.165, 1.54) is 7.11 Å². The monoisotopic (exact) mass is 194 g/mol. The molecule has 3 heteroatoms. The fourth-order valence-electron chi connectivity index (χ4n) is 3.72. The van der Waals surface area contributed by atoms with E-state index in [9.17, 15) is 9.90 Å². The highest BCUT2D eigenvalue weighted by atomic mass is 16.5. The van der Waals surface area contributed by atoms with Crippen LogP contribution in [0.3, 0.4) is 0 Å². The van der Waals surface area contributed by atoms with Crippen LogP contribution in [0.5, 0.6) is 0 Å². The minimum Gasteiger partial charge on any atom is -0.469 e. The fraction of sp³-hybridized carbons (Fsp3) is 0.727. The van der Waals surface area contributed by atoms with Crippen molar-refractivity contribution < 1.29 is 14.6 Å². The molecule has 14 heavy (non-hydrogen) atoms. The number of aliphatic hydroxyl groups excluding tert-OH is 1. The molecule has 1 N–H and O–H groups in total. The Bertz CT molecular complexity index is 322. The maximum Gasteiger partial charge on any atom is 0.309 e. The van der Waals surface area contributed by atoms with E-state index >= 15 is 0 Å². The smallest absolute Gasteiger partial charge is 0.309 e. The van der Waals surface area contributed by atoms with Gasteiger partial charge in [-0.3, -0.25) is 4.79 Å². The third-order valence-electron chi connectivity index (χ3n) is 4.43. The van der Waals surface area contributed by atoms with Gasteiger partial charge in [-0.1, -0.05) is 12.2 Å². The molecule has 0 aliphatic heterocycles. The van der Waals surface area contributed by atoms with Crippen molar-refractivity contribution in [2.24, 2.45) is 23.2 Å². The van der Waals surface area contributed by atoms with E-state index < -0.39 is 0 Å². The molecule has 76 valence electrons. The second-order valence-corrected chi connectivity index (χ2v) is 4.63. The van der Waals surface area contributed by atoms with Gasteiger partial charge in [-0.25, -0.2) is 0 Å². The first-order chi connectivity index (χ1) is 6.71. The summed E-state index contributed by atoms with van der Waals surface area (Å²) in [6.45, 7) is 0. The van der Waals surface area contributed by atoms with Crippen LogP contribution in [0.15, 0.2) is 12.2 Å². The first-order valence-corrected chi connectivity index (χ1v) is 5.17. The van der Waals surface area contributed by atoms with Gasteiger partial charge in [-0.05, 0) is 18.8 Å². The van der Waals surface area contributed by atoms with E-state index in [1.807, 2.05) is 6.08 Å². The standard InChI is InChI=1S/C11H14O3/c1-14-10(13)9-6-2-3-8(12)11(6)5-4-7(9)11/h4-9,12H,2-3H2,1H3. The van der Waals surface area contributed by atoms with Gasteiger partial charge >= 0.3 is 5.97 Å². The number of methoxy groups -OCH3 is 1. The van der Waals surface area contributed by atoms with Crippen molar-refractivity contribution >= 4 is 5.97 Å². The predicted molar refractivity (Wildman–Crippen MR) is 49.3 cm³/mol. The zero-order valence-electron chi connectivity index (χ0n) is 8.14. The number of ether oxygens (including phenoxy) is 1. The molecule has 2 saturated carbocycles. The molecule has 0 amide bonds. The molecule has 3 aliphatic rings. The van der Waals surface area contributed by atoms with Crippen molar-refractivity contribution in [3.05, 3.63) is 12.2 Å². The number of hydrogen-bond acceptors (Lipinski definition) is 3. The van der Waals surface area contributed by atoms with Crippen molar-refractivity contribution in [1.82, 2.24) is 0 Å². The maximum absolute atomic E-state index is 11.5. The molecular formula is C11H14O3. The van der Waals surface area contributed by atoms with E-state index in [4.69, 9.17) is 4.74 Å². The number of esters is 1. The molecule has 0 heterocycles. The largest absolute Gasteiger partial charge is 0.469 e. The fourth-order valence-corrected chi connectivity index (χ4v) is 3.72. The summed E-state index contributed by atoms with van der Waals surface area (Å²) in [4.78, 5) is 11.5. The Morgan fingerprint density at radius 1 is 1.57 bits per heavy atom. The molecule has 0 saturated heterocycles. The number of hydrogen-bond donors (Lipinski definition) is 1. The van der Waals surface area contributed by atoms with E-state index in [0.29, 0.717) is 5.92 Å². The van der Waals surface area contributed by atoms with Crippen LogP contribution in [0.25, 0.3) is 0 Å². The Hall–Kier alpha value is -0.830. The number of aliphatic hydroxyl groups is 1. The van der Waals surface area contributed by atoms with E-state index in [0.717, 1.165) is 12.8 Å².